The first-order valence-corrected chi connectivity index (χ1v) is 7.63. The van der Waals surface area contributed by atoms with Gasteiger partial charge in [0.15, 0.2) is 0 Å². The molecule has 3 heterocycles. The Kier molecular flexibility index (Phi) is 3.74. The number of carbonyl (C=O) groups excluding carboxylic acids is 2. The molecule has 0 aliphatic carbocycles. The number of hydrogen-bond acceptors (Lipinski definition) is 4. The quantitative estimate of drug-likeness (QED) is 0.914. The molecule has 110 valence electrons. The Morgan fingerprint density at radius 1 is 1.57 bits per heavy atom. The molecule has 0 bridgehead atoms. The lowest BCUT2D eigenvalue weighted by molar-refractivity contribution is -0.126. The van der Waals surface area contributed by atoms with Crippen LogP contribution in [0.25, 0.3) is 0 Å². The molecule has 1 saturated heterocycles. The van der Waals surface area contributed by atoms with Crippen molar-refractivity contribution in [3.05, 3.63) is 34.8 Å². The van der Waals surface area contributed by atoms with E-state index in [1.54, 1.807) is 33.3 Å². The smallest absolute Gasteiger partial charge is 0.249 e. The maximum absolute atomic E-state index is 12.3. The number of aromatic nitrogens is 2. The third-order valence-electron chi connectivity index (χ3n) is 3.46. The molecule has 2 aromatic heterocycles. The van der Waals surface area contributed by atoms with Crippen molar-refractivity contribution < 1.29 is 9.59 Å². The van der Waals surface area contributed by atoms with E-state index in [0.717, 1.165) is 10.6 Å². The van der Waals surface area contributed by atoms with Gasteiger partial charge < -0.3 is 10.2 Å². The van der Waals surface area contributed by atoms with Gasteiger partial charge >= 0.3 is 0 Å². The van der Waals surface area contributed by atoms with E-state index < -0.39 is 6.04 Å². The Hall–Kier alpha value is -2.15. The van der Waals surface area contributed by atoms with E-state index in [1.165, 1.54) is 0 Å². The summed E-state index contributed by atoms with van der Waals surface area (Å²) in [7, 11) is 1.81. The largest absolute Gasteiger partial charge is 0.344 e. The number of nitrogens with one attached hydrogen (secondary N) is 1. The second kappa shape index (κ2) is 5.69. The summed E-state index contributed by atoms with van der Waals surface area (Å²) in [6.07, 6.45) is 4.42. The summed E-state index contributed by atoms with van der Waals surface area (Å²) in [5.74, 6) is -0.175. The first-order chi connectivity index (χ1) is 10.1. The highest BCUT2D eigenvalue weighted by atomic mass is 32.1. The molecule has 1 aliphatic heterocycles. The fourth-order valence-electron chi connectivity index (χ4n) is 2.43. The minimum atomic E-state index is -0.433. The Labute approximate surface area is 126 Å². The van der Waals surface area contributed by atoms with Crippen LogP contribution in [0.2, 0.25) is 0 Å². The lowest BCUT2D eigenvalue weighted by Crippen LogP contribution is -2.42. The molecular formula is C14H16N4O2S. The van der Waals surface area contributed by atoms with Gasteiger partial charge in [-0.1, -0.05) is 6.07 Å². The third-order valence-corrected chi connectivity index (χ3v) is 4.33. The molecule has 6 nitrogen and oxygen atoms in total. The van der Waals surface area contributed by atoms with Gasteiger partial charge in [0, 0.05) is 24.7 Å². The van der Waals surface area contributed by atoms with E-state index in [0.29, 0.717) is 19.4 Å². The first-order valence-electron chi connectivity index (χ1n) is 6.75. The number of hydrogen-bond donors (Lipinski definition) is 1. The SMILES string of the molecule is Cn1cc(N2CC[C@H](NC(=O)Cc3cccs3)C2=O)cn1. The van der Waals surface area contributed by atoms with Crippen LogP contribution in [0.1, 0.15) is 11.3 Å². The van der Waals surface area contributed by atoms with Crippen molar-refractivity contribution in [1.29, 1.82) is 0 Å². The topological polar surface area (TPSA) is 67.2 Å². The second-order valence-corrected chi connectivity index (χ2v) is 6.06. The highest BCUT2D eigenvalue weighted by Crippen LogP contribution is 2.20. The van der Waals surface area contributed by atoms with Crippen LogP contribution in [0.3, 0.4) is 0 Å². The van der Waals surface area contributed by atoms with Crippen LogP contribution < -0.4 is 10.2 Å². The third kappa shape index (κ3) is 2.97. The molecule has 21 heavy (non-hydrogen) atoms. The van der Waals surface area contributed by atoms with Crippen molar-refractivity contribution in [2.24, 2.45) is 7.05 Å². The average molecular weight is 304 g/mol. The maximum Gasteiger partial charge on any atom is 0.249 e. The van der Waals surface area contributed by atoms with Gasteiger partial charge in [-0.05, 0) is 17.9 Å². The zero-order valence-electron chi connectivity index (χ0n) is 11.7. The molecule has 2 aromatic rings. The molecule has 1 fully saturated rings. The van der Waals surface area contributed by atoms with Gasteiger partial charge in [-0.15, -0.1) is 11.3 Å². The van der Waals surface area contributed by atoms with Gasteiger partial charge in [0.25, 0.3) is 0 Å². The van der Waals surface area contributed by atoms with Crippen molar-refractivity contribution in [1.82, 2.24) is 15.1 Å². The van der Waals surface area contributed by atoms with Crippen LogP contribution in [0.4, 0.5) is 5.69 Å². The molecule has 1 atom stereocenters. The Bertz CT molecular complexity index is 650. The van der Waals surface area contributed by atoms with E-state index in [9.17, 15) is 9.59 Å². The summed E-state index contributed by atoms with van der Waals surface area (Å²) in [6, 6.07) is 3.40. The predicted molar refractivity (Wildman–Crippen MR) is 80.1 cm³/mol. The standard InChI is InChI=1S/C14H16N4O2S/c1-17-9-10(8-15-17)18-5-4-12(14(18)20)16-13(19)7-11-3-2-6-21-11/h2-3,6,8-9,12H,4-5,7H2,1H3,(H,16,19)/t12-/m0/s1. The van der Waals surface area contributed by atoms with Crippen molar-refractivity contribution in [3.63, 3.8) is 0 Å². The lowest BCUT2D eigenvalue weighted by atomic mass is 10.2. The lowest BCUT2D eigenvalue weighted by Gasteiger charge is -2.15. The van der Waals surface area contributed by atoms with Crippen LogP contribution >= 0.6 is 11.3 Å². The van der Waals surface area contributed by atoms with Crippen LogP contribution in [-0.2, 0) is 23.1 Å². The summed E-state index contributed by atoms with van der Waals surface area (Å²) >= 11 is 1.54. The zero-order chi connectivity index (χ0) is 14.8. The number of amides is 2. The summed E-state index contributed by atoms with van der Waals surface area (Å²) in [6.45, 7) is 0.606. The van der Waals surface area contributed by atoms with Crippen LogP contribution in [0.15, 0.2) is 29.9 Å². The van der Waals surface area contributed by atoms with Crippen molar-refractivity contribution in [3.8, 4) is 0 Å². The van der Waals surface area contributed by atoms with E-state index in [2.05, 4.69) is 10.4 Å². The molecule has 1 N–H and O–H groups in total. The van der Waals surface area contributed by atoms with Crippen molar-refractivity contribution in [2.45, 2.75) is 18.9 Å². The summed E-state index contributed by atoms with van der Waals surface area (Å²) < 4.78 is 1.66. The second-order valence-electron chi connectivity index (χ2n) is 5.03. The number of rotatable bonds is 4. The molecule has 0 spiro atoms. The fourth-order valence-corrected chi connectivity index (χ4v) is 3.14. The highest BCUT2D eigenvalue weighted by molar-refractivity contribution is 7.10. The molecule has 2 amide bonds. The van der Waals surface area contributed by atoms with Crippen molar-refractivity contribution >= 4 is 28.8 Å². The number of aryl methyl sites for hydroxylation is 1. The minimum absolute atomic E-state index is 0.0671. The zero-order valence-corrected chi connectivity index (χ0v) is 12.5. The predicted octanol–water partition coefficient (Wildman–Crippen LogP) is 0.946. The van der Waals surface area contributed by atoms with Gasteiger partial charge in [0.05, 0.1) is 18.3 Å². The Morgan fingerprint density at radius 3 is 3.10 bits per heavy atom. The maximum atomic E-state index is 12.3. The fraction of sp³-hybridized carbons (Fsp3) is 0.357. The van der Waals surface area contributed by atoms with Gasteiger partial charge in [-0.25, -0.2) is 0 Å². The molecule has 1 aliphatic rings. The molecule has 0 aromatic carbocycles. The van der Waals surface area contributed by atoms with Crippen LogP contribution in [0, 0.1) is 0 Å². The van der Waals surface area contributed by atoms with E-state index in [1.807, 2.05) is 24.6 Å². The van der Waals surface area contributed by atoms with Gasteiger partial charge in [0.2, 0.25) is 11.8 Å². The van der Waals surface area contributed by atoms with E-state index in [-0.39, 0.29) is 11.8 Å². The number of nitrogens with zero attached hydrogens (tertiary/aromatic N) is 3. The molecule has 0 radical (unpaired) electrons. The van der Waals surface area contributed by atoms with Crippen molar-refractivity contribution in [2.75, 3.05) is 11.4 Å². The van der Waals surface area contributed by atoms with Gasteiger partial charge in [-0.3, -0.25) is 14.3 Å². The highest BCUT2D eigenvalue weighted by Gasteiger charge is 2.34. The summed E-state index contributed by atoms with van der Waals surface area (Å²) in [5, 5.41) is 8.83. The number of carbonyl (C=O) groups is 2. The van der Waals surface area contributed by atoms with E-state index in [4.69, 9.17) is 0 Å². The molecular weight excluding hydrogens is 288 g/mol. The monoisotopic (exact) mass is 304 g/mol. The van der Waals surface area contributed by atoms with E-state index >= 15 is 0 Å². The number of thiophene rings is 1. The van der Waals surface area contributed by atoms with Gasteiger partial charge in [-0.2, -0.15) is 5.10 Å². The van der Waals surface area contributed by atoms with Gasteiger partial charge in [0.1, 0.15) is 6.04 Å². The summed E-state index contributed by atoms with van der Waals surface area (Å²) in [4.78, 5) is 27.0. The number of anilines is 1. The molecule has 0 saturated carbocycles. The summed E-state index contributed by atoms with van der Waals surface area (Å²) in [5.41, 5.74) is 0.775. The molecule has 7 heteroatoms. The minimum Gasteiger partial charge on any atom is -0.344 e. The first kappa shape index (κ1) is 13.8. The molecule has 0 unspecified atom stereocenters. The average Bonchev–Trinajstić information content (AvgIpc) is 3.14. The molecule has 3 rings (SSSR count). The Balaban J connectivity index is 1.60. The van der Waals surface area contributed by atoms with Crippen LogP contribution in [0.5, 0.6) is 0 Å². The van der Waals surface area contributed by atoms with Crippen LogP contribution in [-0.4, -0.2) is 34.2 Å². The Morgan fingerprint density at radius 2 is 2.43 bits per heavy atom. The normalized spacial score (nSPS) is 18.2.